The van der Waals surface area contributed by atoms with Crippen molar-refractivity contribution in [2.24, 2.45) is 0 Å². The number of aromatic nitrogens is 1. The van der Waals surface area contributed by atoms with Crippen molar-refractivity contribution < 1.29 is 5.11 Å². The van der Waals surface area contributed by atoms with Gasteiger partial charge in [-0.1, -0.05) is 17.7 Å². The number of aryl methyl sites for hydroxylation is 1. The van der Waals surface area contributed by atoms with Gasteiger partial charge < -0.3 is 5.11 Å². The minimum Gasteiger partial charge on any atom is -0.392 e. The van der Waals surface area contributed by atoms with E-state index in [0.717, 1.165) is 22.2 Å². The number of pyridine rings is 1. The highest BCUT2D eigenvalue weighted by Crippen LogP contribution is 2.26. The molecule has 0 aliphatic carbocycles. The fourth-order valence-electron chi connectivity index (χ4n) is 1.44. The smallest absolute Gasteiger partial charge is 0.0720 e. The normalized spacial score (nSPS) is 10.8. The summed E-state index contributed by atoms with van der Waals surface area (Å²) in [6.07, 6.45) is 0. The summed E-state index contributed by atoms with van der Waals surface area (Å²) in [5, 5.41) is 10.5. The highest BCUT2D eigenvalue weighted by Gasteiger charge is 2.05. The Morgan fingerprint density at radius 2 is 2.07 bits per heavy atom. The number of benzene rings is 1. The van der Waals surface area contributed by atoms with Crippen LogP contribution >= 0.6 is 11.6 Å². The summed E-state index contributed by atoms with van der Waals surface area (Å²) in [4.78, 5) is 4.35. The fourth-order valence-corrected chi connectivity index (χ4v) is 1.72. The maximum atomic E-state index is 9.03. The van der Waals surface area contributed by atoms with E-state index in [1.54, 1.807) is 6.07 Å². The molecule has 0 spiro atoms. The van der Waals surface area contributed by atoms with Crippen molar-refractivity contribution in [3.63, 3.8) is 0 Å². The van der Waals surface area contributed by atoms with E-state index in [1.807, 2.05) is 25.1 Å². The number of aliphatic hydroxyl groups is 1. The minimum atomic E-state index is -0.0390. The first-order chi connectivity index (χ1) is 6.72. The lowest BCUT2D eigenvalue weighted by atomic mass is 10.1. The molecule has 0 atom stereocenters. The average molecular weight is 208 g/mol. The Labute approximate surface area is 87.2 Å². The highest BCUT2D eigenvalue weighted by atomic mass is 35.5. The van der Waals surface area contributed by atoms with Crippen LogP contribution in [0.25, 0.3) is 10.9 Å². The first kappa shape index (κ1) is 9.44. The minimum absolute atomic E-state index is 0.0390. The van der Waals surface area contributed by atoms with Crippen LogP contribution in [-0.4, -0.2) is 10.1 Å². The van der Waals surface area contributed by atoms with Crippen molar-refractivity contribution in [2.75, 3.05) is 0 Å². The third-order valence-electron chi connectivity index (χ3n) is 2.20. The largest absolute Gasteiger partial charge is 0.392 e. The van der Waals surface area contributed by atoms with Gasteiger partial charge in [-0.25, -0.2) is 0 Å². The first-order valence-corrected chi connectivity index (χ1v) is 4.76. The molecule has 14 heavy (non-hydrogen) atoms. The molecule has 2 rings (SSSR count). The van der Waals surface area contributed by atoms with E-state index in [4.69, 9.17) is 16.7 Å². The van der Waals surface area contributed by atoms with Crippen LogP contribution in [0.5, 0.6) is 0 Å². The molecule has 2 nitrogen and oxygen atoms in total. The molecule has 0 amide bonds. The van der Waals surface area contributed by atoms with Gasteiger partial charge in [-0.05, 0) is 30.7 Å². The zero-order chi connectivity index (χ0) is 10.1. The predicted molar refractivity (Wildman–Crippen MR) is 57.4 cm³/mol. The Balaban J connectivity index is 2.77. The summed E-state index contributed by atoms with van der Waals surface area (Å²) in [7, 11) is 0. The van der Waals surface area contributed by atoms with Gasteiger partial charge >= 0.3 is 0 Å². The van der Waals surface area contributed by atoms with Crippen LogP contribution in [-0.2, 0) is 6.61 Å². The van der Waals surface area contributed by atoms with Crippen molar-refractivity contribution in [3.8, 4) is 0 Å². The molecule has 1 aromatic heterocycles. The molecule has 0 bridgehead atoms. The van der Waals surface area contributed by atoms with Crippen molar-refractivity contribution >= 4 is 22.5 Å². The Kier molecular flexibility index (Phi) is 2.40. The first-order valence-electron chi connectivity index (χ1n) is 4.38. The summed E-state index contributed by atoms with van der Waals surface area (Å²) in [6, 6.07) is 7.52. The summed E-state index contributed by atoms with van der Waals surface area (Å²) < 4.78 is 0. The van der Waals surface area contributed by atoms with Gasteiger partial charge in [-0.2, -0.15) is 0 Å². The van der Waals surface area contributed by atoms with E-state index in [2.05, 4.69) is 4.98 Å². The third-order valence-corrected chi connectivity index (χ3v) is 2.64. The second-order valence-electron chi connectivity index (χ2n) is 3.22. The summed E-state index contributed by atoms with van der Waals surface area (Å²) in [5.41, 5.74) is 2.57. The molecule has 0 radical (unpaired) electrons. The molecule has 0 saturated heterocycles. The van der Waals surface area contributed by atoms with E-state index >= 15 is 0 Å². The van der Waals surface area contributed by atoms with Crippen molar-refractivity contribution in [2.45, 2.75) is 13.5 Å². The molecule has 0 fully saturated rings. The number of halogens is 1. The van der Waals surface area contributed by atoms with E-state index in [-0.39, 0.29) is 6.61 Å². The van der Waals surface area contributed by atoms with Gasteiger partial charge in [-0.3, -0.25) is 4.98 Å². The van der Waals surface area contributed by atoms with Gasteiger partial charge in [0.05, 0.1) is 17.1 Å². The highest BCUT2D eigenvalue weighted by molar-refractivity contribution is 6.36. The summed E-state index contributed by atoms with van der Waals surface area (Å²) >= 11 is 6.09. The topological polar surface area (TPSA) is 33.1 Å². The Morgan fingerprint density at radius 1 is 1.29 bits per heavy atom. The maximum absolute atomic E-state index is 9.03. The van der Waals surface area contributed by atoms with Crippen LogP contribution in [0.2, 0.25) is 5.02 Å². The second kappa shape index (κ2) is 3.56. The Bertz CT molecular complexity index is 482. The zero-order valence-corrected chi connectivity index (χ0v) is 8.54. The van der Waals surface area contributed by atoms with Gasteiger partial charge in [0.2, 0.25) is 0 Å². The van der Waals surface area contributed by atoms with Gasteiger partial charge in [-0.15, -0.1) is 0 Å². The van der Waals surface area contributed by atoms with Crippen LogP contribution in [0.15, 0.2) is 24.3 Å². The van der Waals surface area contributed by atoms with Crippen molar-refractivity contribution in [3.05, 3.63) is 40.5 Å². The van der Waals surface area contributed by atoms with Gasteiger partial charge in [0.25, 0.3) is 0 Å². The number of hydrogen-bond donors (Lipinski definition) is 1. The van der Waals surface area contributed by atoms with E-state index in [1.165, 1.54) is 0 Å². The molecular formula is C11H10ClNO. The summed E-state index contributed by atoms with van der Waals surface area (Å²) in [6.45, 7) is 1.90. The molecule has 1 aromatic carbocycles. The third kappa shape index (κ3) is 1.47. The molecule has 2 aromatic rings. The summed E-state index contributed by atoms with van der Waals surface area (Å²) in [5.74, 6) is 0. The number of fused-ring (bicyclic) bond motifs is 1. The zero-order valence-electron chi connectivity index (χ0n) is 7.79. The monoisotopic (exact) mass is 207 g/mol. The van der Waals surface area contributed by atoms with Crippen molar-refractivity contribution in [1.29, 1.82) is 0 Å². The molecular weight excluding hydrogens is 198 g/mol. The Morgan fingerprint density at radius 3 is 2.79 bits per heavy atom. The second-order valence-corrected chi connectivity index (χ2v) is 3.59. The Hall–Kier alpha value is -1.12. The number of hydrogen-bond acceptors (Lipinski definition) is 2. The average Bonchev–Trinajstić information content (AvgIpc) is 2.18. The maximum Gasteiger partial charge on any atom is 0.0720 e. The number of aliphatic hydroxyl groups excluding tert-OH is 1. The molecule has 72 valence electrons. The lowest BCUT2D eigenvalue weighted by molar-refractivity contribution is 0.282. The number of nitrogens with zero attached hydrogens (tertiary/aromatic N) is 1. The van der Waals surface area contributed by atoms with Crippen LogP contribution in [0, 0.1) is 6.92 Å². The molecule has 1 heterocycles. The lowest BCUT2D eigenvalue weighted by Crippen LogP contribution is -1.89. The molecule has 0 aliphatic heterocycles. The van der Waals surface area contributed by atoms with Gasteiger partial charge in [0, 0.05) is 11.1 Å². The predicted octanol–water partition coefficient (Wildman–Crippen LogP) is 2.69. The molecule has 0 aliphatic rings. The van der Waals surface area contributed by atoms with Crippen LogP contribution < -0.4 is 0 Å². The van der Waals surface area contributed by atoms with Crippen LogP contribution in [0.4, 0.5) is 0 Å². The van der Waals surface area contributed by atoms with Crippen LogP contribution in [0.3, 0.4) is 0 Å². The van der Waals surface area contributed by atoms with Crippen molar-refractivity contribution in [1.82, 2.24) is 4.98 Å². The van der Waals surface area contributed by atoms with E-state index < -0.39 is 0 Å². The SMILES string of the molecule is Cc1ccc2c(Cl)c(CO)ccc2n1. The van der Waals surface area contributed by atoms with Crippen LogP contribution in [0.1, 0.15) is 11.3 Å². The quantitative estimate of drug-likeness (QED) is 0.780. The van der Waals surface area contributed by atoms with Gasteiger partial charge in [0.15, 0.2) is 0 Å². The lowest BCUT2D eigenvalue weighted by Gasteiger charge is -2.05. The molecule has 1 N–H and O–H groups in total. The fraction of sp³-hybridized carbons (Fsp3) is 0.182. The molecule has 3 heteroatoms. The number of rotatable bonds is 1. The standard InChI is InChI=1S/C11H10ClNO/c1-7-2-4-9-10(13-7)5-3-8(6-14)11(9)12/h2-5,14H,6H2,1H3. The molecule has 0 saturated carbocycles. The van der Waals surface area contributed by atoms with E-state index in [9.17, 15) is 0 Å². The van der Waals surface area contributed by atoms with E-state index in [0.29, 0.717) is 5.02 Å². The molecule has 0 unspecified atom stereocenters. The van der Waals surface area contributed by atoms with Gasteiger partial charge in [0.1, 0.15) is 0 Å².